The number of furan rings is 1. The number of benzene rings is 1. The van der Waals surface area contributed by atoms with Crippen LogP contribution in [-0.2, 0) is 10.0 Å². The Hall–Kier alpha value is -1.87. The molecule has 6 rings (SSSR count). The number of nitrogens with one attached hydrogen (secondary N) is 2. The van der Waals surface area contributed by atoms with Gasteiger partial charge in [0.15, 0.2) is 5.76 Å². The van der Waals surface area contributed by atoms with Gasteiger partial charge in [-0.05, 0) is 67.9 Å². The minimum Gasteiger partial charge on any atom is -0.438 e. The molecule has 1 spiro atoms. The lowest BCUT2D eigenvalue weighted by Crippen LogP contribution is -2.55. The molecule has 1 amide bonds. The van der Waals surface area contributed by atoms with E-state index in [1.807, 2.05) is 0 Å². The molecule has 11 heteroatoms. The fraction of sp³-hybridized carbons (Fsp3) is 0.500. The summed E-state index contributed by atoms with van der Waals surface area (Å²) < 4.78 is 47.5. The van der Waals surface area contributed by atoms with E-state index in [0.717, 1.165) is 31.2 Å². The first-order chi connectivity index (χ1) is 16.5. The molecule has 186 valence electrons. The predicted molar refractivity (Wildman–Crippen MR) is 135 cm³/mol. The summed E-state index contributed by atoms with van der Waals surface area (Å²) in [6.45, 7) is 2.08. The third-order valence-electron chi connectivity index (χ3n) is 7.53. The van der Waals surface area contributed by atoms with Gasteiger partial charge in [-0.3, -0.25) is 4.79 Å². The first kappa shape index (κ1) is 23.5. The van der Waals surface area contributed by atoms with Gasteiger partial charge < -0.3 is 9.73 Å². The fourth-order valence-electron chi connectivity index (χ4n) is 5.77. The lowest BCUT2D eigenvalue weighted by Gasteiger charge is -2.57. The number of alkyl halides is 1. The van der Waals surface area contributed by atoms with Gasteiger partial charge in [0.25, 0.3) is 15.9 Å². The number of aromatic nitrogens is 1. The number of carbonyl (C=O) groups excluding carboxylic acids is 1. The highest BCUT2D eigenvalue weighted by molar-refractivity contribution is 7.89. The molecule has 3 aliphatic rings. The quantitative estimate of drug-likeness (QED) is 0.448. The second-order valence-corrected chi connectivity index (χ2v) is 14.3. The van der Waals surface area contributed by atoms with Crippen LogP contribution in [0.5, 0.6) is 0 Å². The number of nitrogens with zero attached hydrogens (tertiary/aromatic N) is 1. The Morgan fingerprint density at radius 1 is 1.14 bits per heavy atom. The molecule has 3 aliphatic carbocycles. The van der Waals surface area contributed by atoms with Crippen molar-refractivity contribution in [2.24, 2.45) is 5.41 Å². The SMILES string of the molecule is Cc1ccc2sc(C3CC4(CC(NC(=O)c5ccc(S(=O)(=O)NC6CC(F)(P)C6)o5)C4)C3)nc2c1. The van der Waals surface area contributed by atoms with Crippen molar-refractivity contribution in [3.05, 3.63) is 46.7 Å². The first-order valence-electron chi connectivity index (χ1n) is 11.8. The standard InChI is InChI=1S/C24H27FN3O4PS2/c1-13-2-4-19-17(6-13)27-22(34-19)14-7-23(8-14)9-15(10-23)26-21(29)18-3-5-20(32-18)35(30,31)28-16-11-24(25,33)12-16/h2-6,14-16,28H,7-12,33H2,1H3,(H,26,29). The molecule has 7 nitrogen and oxygen atoms in total. The molecule has 0 aliphatic heterocycles. The lowest BCUT2D eigenvalue weighted by atomic mass is 9.50. The molecule has 35 heavy (non-hydrogen) atoms. The van der Waals surface area contributed by atoms with E-state index in [4.69, 9.17) is 9.40 Å². The number of rotatable bonds is 6. The van der Waals surface area contributed by atoms with Crippen LogP contribution in [0.3, 0.4) is 0 Å². The van der Waals surface area contributed by atoms with Gasteiger partial charge in [-0.1, -0.05) is 15.3 Å². The van der Waals surface area contributed by atoms with E-state index in [1.165, 1.54) is 27.4 Å². The van der Waals surface area contributed by atoms with Gasteiger partial charge in [-0.2, -0.15) is 0 Å². The van der Waals surface area contributed by atoms with Crippen molar-refractivity contribution < 1.29 is 22.0 Å². The number of carbonyl (C=O) groups is 1. The van der Waals surface area contributed by atoms with Crippen molar-refractivity contribution in [2.75, 3.05) is 0 Å². The van der Waals surface area contributed by atoms with Crippen LogP contribution in [0.2, 0.25) is 0 Å². The molecule has 2 aromatic heterocycles. The summed E-state index contributed by atoms with van der Waals surface area (Å²) in [5, 5.41) is 2.42. The summed E-state index contributed by atoms with van der Waals surface area (Å²) in [5.74, 6) is 0.0291. The van der Waals surface area contributed by atoms with Crippen LogP contribution >= 0.6 is 20.6 Å². The molecule has 3 fully saturated rings. The molecule has 1 atom stereocenters. The molecule has 0 radical (unpaired) electrons. The first-order valence-corrected chi connectivity index (χ1v) is 14.6. The van der Waals surface area contributed by atoms with Crippen LogP contribution in [0.4, 0.5) is 4.39 Å². The zero-order valence-electron chi connectivity index (χ0n) is 19.2. The minimum atomic E-state index is -3.94. The Labute approximate surface area is 209 Å². The number of fused-ring (bicyclic) bond motifs is 1. The number of hydrogen-bond acceptors (Lipinski definition) is 6. The Balaban J connectivity index is 1.00. The van der Waals surface area contributed by atoms with Gasteiger partial charge >= 0.3 is 0 Å². The molecule has 1 aromatic carbocycles. The van der Waals surface area contributed by atoms with Crippen molar-refractivity contribution in [1.82, 2.24) is 15.0 Å². The molecule has 3 aromatic rings. The third kappa shape index (κ3) is 4.43. The summed E-state index contributed by atoms with van der Waals surface area (Å²) in [6.07, 6.45) is 4.18. The van der Waals surface area contributed by atoms with Gasteiger partial charge in [0.05, 0.1) is 15.2 Å². The molecule has 1 unspecified atom stereocenters. The Bertz CT molecular complexity index is 1410. The highest BCUT2D eigenvalue weighted by atomic mass is 32.2. The average molecular weight is 536 g/mol. The summed E-state index contributed by atoms with van der Waals surface area (Å²) >= 11 is 1.78. The smallest absolute Gasteiger partial charge is 0.287 e. The third-order valence-corrected chi connectivity index (χ3v) is 10.6. The molecule has 0 saturated heterocycles. The topological polar surface area (TPSA) is 101 Å². The van der Waals surface area contributed by atoms with Crippen LogP contribution in [0.15, 0.2) is 39.8 Å². The minimum absolute atomic E-state index is 0.0397. The molecular weight excluding hydrogens is 508 g/mol. The summed E-state index contributed by atoms with van der Waals surface area (Å²) in [4.78, 5) is 17.5. The maximum Gasteiger partial charge on any atom is 0.287 e. The van der Waals surface area contributed by atoms with Crippen LogP contribution in [0.25, 0.3) is 10.2 Å². The van der Waals surface area contributed by atoms with Crippen molar-refractivity contribution >= 4 is 46.7 Å². The van der Waals surface area contributed by atoms with E-state index in [-0.39, 0.29) is 35.2 Å². The van der Waals surface area contributed by atoms with E-state index in [1.54, 1.807) is 11.3 Å². The molecule has 2 N–H and O–H groups in total. The summed E-state index contributed by atoms with van der Waals surface area (Å²) in [5.41, 5.74) is 2.56. The fourth-order valence-corrected chi connectivity index (χ4v) is 8.56. The van der Waals surface area contributed by atoms with Crippen molar-refractivity contribution in [3.8, 4) is 0 Å². The van der Waals surface area contributed by atoms with E-state index in [0.29, 0.717) is 5.92 Å². The van der Waals surface area contributed by atoms with Crippen LogP contribution in [0, 0.1) is 12.3 Å². The molecule has 0 bridgehead atoms. The van der Waals surface area contributed by atoms with E-state index >= 15 is 0 Å². The summed E-state index contributed by atoms with van der Waals surface area (Å²) in [7, 11) is -1.85. The monoisotopic (exact) mass is 535 g/mol. The van der Waals surface area contributed by atoms with E-state index in [9.17, 15) is 17.6 Å². The molecule has 2 heterocycles. The average Bonchev–Trinajstić information content (AvgIpc) is 3.34. The number of amides is 1. The Kier molecular flexibility index (Phi) is 5.42. The zero-order chi connectivity index (χ0) is 24.6. The van der Waals surface area contributed by atoms with Gasteiger partial charge in [-0.25, -0.2) is 22.5 Å². The maximum atomic E-state index is 13.6. The van der Waals surface area contributed by atoms with E-state index in [2.05, 4.69) is 44.4 Å². The normalized spacial score (nSPS) is 32.1. The van der Waals surface area contributed by atoms with Crippen molar-refractivity contribution in [1.29, 1.82) is 0 Å². The van der Waals surface area contributed by atoms with Gasteiger partial charge in [-0.15, -0.1) is 11.3 Å². The van der Waals surface area contributed by atoms with Crippen LogP contribution in [-0.4, -0.2) is 36.8 Å². The van der Waals surface area contributed by atoms with Gasteiger partial charge in [0.2, 0.25) is 5.09 Å². The Morgan fingerprint density at radius 2 is 1.89 bits per heavy atom. The number of aryl methyl sites for hydroxylation is 1. The highest BCUT2D eigenvalue weighted by Crippen LogP contribution is 2.62. The van der Waals surface area contributed by atoms with Crippen molar-refractivity contribution in [2.45, 2.75) is 74.0 Å². The largest absolute Gasteiger partial charge is 0.438 e. The second-order valence-electron chi connectivity index (χ2n) is 10.6. The number of thiazole rings is 1. The van der Waals surface area contributed by atoms with Crippen LogP contribution in [0.1, 0.15) is 65.6 Å². The Morgan fingerprint density at radius 3 is 2.60 bits per heavy atom. The zero-order valence-corrected chi connectivity index (χ0v) is 22.0. The molecular formula is C24H27FN3O4PS2. The van der Waals surface area contributed by atoms with Gasteiger partial charge in [0, 0.05) is 30.8 Å². The second kappa shape index (κ2) is 8.07. The van der Waals surface area contributed by atoms with E-state index < -0.39 is 27.4 Å². The van der Waals surface area contributed by atoms with Gasteiger partial charge in [0.1, 0.15) is 5.41 Å². The number of sulfonamides is 1. The maximum absolute atomic E-state index is 13.6. The van der Waals surface area contributed by atoms with Crippen LogP contribution < -0.4 is 10.0 Å². The summed E-state index contributed by atoms with van der Waals surface area (Å²) in [6, 6.07) is 8.59. The number of hydrogen-bond donors (Lipinski definition) is 2. The molecule has 3 saturated carbocycles. The lowest BCUT2D eigenvalue weighted by molar-refractivity contribution is -0.0190. The predicted octanol–water partition coefficient (Wildman–Crippen LogP) is 4.64. The van der Waals surface area contributed by atoms with Crippen molar-refractivity contribution in [3.63, 3.8) is 0 Å². The number of halogens is 1. The highest BCUT2D eigenvalue weighted by Gasteiger charge is 2.54.